The van der Waals surface area contributed by atoms with Crippen LogP contribution in [0.5, 0.6) is 0 Å². The van der Waals surface area contributed by atoms with Crippen LogP contribution in [0.1, 0.15) is 40.3 Å². The molecule has 0 aliphatic carbocycles. The molecule has 1 saturated heterocycles. The summed E-state index contributed by atoms with van der Waals surface area (Å²) < 4.78 is 10.5. The first-order valence-corrected chi connectivity index (χ1v) is 9.24. The second-order valence-corrected chi connectivity index (χ2v) is 7.04. The van der Waals surface area contributed by atoms with E-state index in [-0.39, 0.29) is 18.1 Å². The van der Waals surface area contributed by atoms with E-state index in [1.807, 2.05) is 19.9 Å². The monoisotopic (exact) mass is 383 g/mol. The Labute approximate surface area is 164 Å². The van der Waals surface area contributed by atoms with Crippen molar-refractivity contribution in [2.24, 2.45) is 0 Å². The maximum Gasteiger partial charge on any atom is 0.338 e. The third-order valence-electron chi connectivity index (χ3n) is 4.65. The van der Waals surface area contributed by atoms with Crippen molar-refractivity contribution in [1.82, 2.24) is 4.98 Å². The Balaban J connectivity index is 1.75. The Bertz CT molecular complexity index is 874. The molecular formula is C21H25N3O4. The zero-order chi connectivity index (χ0) is 20.3. The van der Waals surface area contributed by atoms with Gasteiger partial charge in [0.2, 0.25) is 0 Å². The van der Waals surface area contributed by atoms with Gasteiger partial charge in [0.15, 0.2) is 0 Å². The number of aromatic nitrogens is 1. The number of nitrogens with one attached hydrogen (secondary N) is 1. The molecule has 7 heteroatoms. The van der Waals surface area contributed by atoms with Crippen molar-refractivity contribution in [3.63, 3.8) is 0 Å². The molecule has 0 bridgehead atoms. The number of benzene rings is 1. The lowest BCUT2D eigenvalue weighted by atomic mass is 10.1. The van der Waals surface area contributed by atoms with E-state index < -0.39 is 5.97 Å². The van der Waals surface area contributed by atoms with Crippen LogP contribution >= 0.6 is 0 Å². The molecule has 1 aromatic carbocycles. The standard InChI is InChI=1S/C21H25N3O4/c1-13-9-16(5-6-18(13)21(26)27-4)23-20(25)19-10-17(7-8-22-19)24-11-14(2)28-15(3)12-24/h5-10,14-15H,11-12H2,1-4H3,(H,23,25). The number of nitrogens with zero attached hydrogens (tertiary/aromatic N) is 2. The van der Waals surface area contributed by atoms with Crippen molar-refractivity contribution >= 4 is 23.3 Å². The Morgan fingerprint density at radius 3 is 2.54 bits per heavy atom. The van der Waals surface area contributed by atoms with Gasteiger partial charge in [-0.1, -0.05) is 0 Å². The Kier molecular flexibility index (Phi) is 5.94. The van der Waals surface area contributed by atoms with Crippen LogP contribution in [-0.4, -0.2) is 49.3 Å². The van der Waals surface area contributed by atoms with Crippen molar-refractivity contribution in [1.29, 1.82) is 0 Å². The highest BCUT2D eigenvalue weighted by Crippen LogP contribution is 2.22. The quantitative estimate of drug-likeness (QED) is 0.818. The Morgan fingerprint density at radius 1 is 1.18 bits per heavy atom. The van der Waals surface area contributed by atoms with E-state index >= 15 is 0 Å². The van der Waals surface area contributed by atoms with Crippen molar-refractivity contribution in [2.75, 3.05) is 30.4 Å². The SMILES string of the molecule is COC(=O)c1ccc(NC(=O)c2cc(N3CC(C)OC(C)C3)ccn2)cc1C. The maximum absolute atomic E-state index is 12.7. The van der Waals surface area contributed by atoms with E-state index in [1.165, 1.54) is 7.11 Å². The predicted molar refractivity (Wildman–Crippen MR) is 107 cm³/mol. The van der Waals surface area contributed by atoms with E-state index in [1.54, 1.807) is 37.4 Å². The number of ether oxygens (including phenoxy) is 2. The normalized spacial score (nSPS) is 19.2. The van der Waals surface area contributed by atoms with Gasteiger partial charge >= 0.3 is 5.97 Å². The number of rotatable bonds is 4. The Morgan fingerprint density at radius 2 is 1.89 bits per heavy atom. The number of carbonyl (C=O) groups is 2. The molecule has 1 aliphatic rings. The minimum atomic E-state index is -0.404. The van der Waals surface area contributed by atoms with Crippen LogP contribution in [0, 0.1) is 6.92 Å². The van der Waals surface area contributed by atoms with E-state index in [0.29, 0.717) is 16.9 Å². The molecule has 0 saturated carbocycles. The fourth-order valence-corrected chi connectivity index (χ4v) is 3.40. The fraction of sp³-hybridized carbons (Fsp3) is 0.381. The molecular weight excluding hydrogens is 358 g/mol. The summed E-state index contributed by atoms with van der Waals surface area (Å²) in [6.45, 7) is 7.41. The van der Waals surface area contributed by atoms with E-state index in [2.05, 4.69) is 15.2 Å². The summed E-state index contributed by atoms with van der Waals surface area (Å²) in [6.07, 6.45) is 1.90. The third kappa shape index (κ3) is 4.48. The number of anilines is 2. The van der Waals surface area contributed by atoms with Gasteiger partial charge < -0.3 is 19.7 Å². The zero-order valence-corrected chi connectivity index (χ0v) is 16.6. The first-order chi connectivity index (χ1) is 13.4. The highest BCUT2D eigenvalue weighted by Gasteiger charge is 2.23. The van der Waals surface area contributed by atoms with Gasteiger partial charge in [0.05, 0.1) is 24.9 Å². The highest BCUT2D eigenvalue weighted by atomic mass is 16.5. The molecule has 1 N–H and O–H groups in total. The topological polar surface area (TPSA) is 80.8 Å². The lowest BCUT2D eigenvalue weighted by Crippen LogP contribution is -2.45. The molecule has 1 aliphatic heterocycles. The average molecular weight is 383 g/mol. The molecule has 3 rings (SSSR count). The average Bonchev–Trinajstić information content (AvgIpc) is 2.67. The fourth-order valence-electron chi connectivity index (χ4n) is 3.40. The second kappa shape index (κ2) is 8.39. The molecule has 1 aromatic heterocycles. The van der Waals surface area contributed by atoms with Gasteiger partial charge in [-0.15, -0.1) is 0 Å². The van der Waals surface area contributed by atoms with Gasteiger partial charge in [-0.2, -0.15) is 0 Å². The Hall–Kier alpha value is -2.93. The number of esters is 1. The molecule has 2 unspecified atom stereocenters. The first kappa shape index (κ1) is 19.8. The number of hydrogen-bond donors (Lipinski definition) is 1. The summed E-state index contributed by atoms with van der Waals surface area (Å²) >= 11 is 0. The van der Waals surface area contributed by atoms with E-state index in [0.717, 1.165) is 24.3 Å². The lowest BCUT2D eigenvalue weighted by Gasteiger charge is -2.36. The summed E-state index contributed by atoms with van der Waals surface area (Å²) in [5, 5.41) is 2.83. The number of pyridine rings is 1. The van der Waals surface area contributed by atoms with Crippen LogP contribution in [-0.2, 0) is 9.47 Å². The van der Waals surface area contributed by atoms with Crippen LogP contribution in [0.4, 0.5) is 11.4 Å². The summed E-state index contributed by atoms with van der Waals surface area (Å²) in [7, 11) is 1.34. The van der Waals surface area contributed by atoms with Crippen LogP contribution in [0.15, 0.2) is 36.5 Å². The van der Waals surface area contributed by atoms with Crippen molar-refractivity contribution < 1.29 is 19.1 Å². The molecule has 2 aromatic rings. The largest absolute Gasteiger partial charge is 0.465 e. The molecule has 2 heterocycles. The number of amides is 1. The molecule has 2 atom stereocenters. The maximum atomic E-state index is 12.7. The van der Waals surface area contributed by atoms with Crippen LogP contribution in [0.25, 0.3) is 0 Å². The molecule has 0 spiro atoms. The minimum Gasteiger partial charge on any atom is -0.465 e. The van der Waals surface area contributed by atoms with Gasteiger partial charge in [0.1, 0.15) is 5.69 Å². The summed E-state index contributed by atoms with van der Waals surface area (Å²) in [4.78, 5) is 30.8. The van der Waals surface area contributed by atoms with Gasteiger partial charge in [-0.25, -0.2) is 4.79 Å². The molecule has 0 radical (unpaired) electrons. The molecule has 1 fully saturated rings. The lowest BCUT2D eigenvalue weighted by molar-refractivity contribution is -0.00522. The van der Waals surface area contributed by atoms with Crippen LogP contribution in [0.2, 0.25) is 0 Å². The van der Waals surface area contributed by atoms with Crippen LogP contribution < -0.4 is 10.2 Å². The van der Waals surface area contributed by atoms with Gasteiger partial charge in [0, 0.05) is 30.7 Å². The van der Waals surface area contributed by atoms with E-state index in [9.17, 15) is 9.59 Å². The number of methoxy groups -OCH3 is 1. The third-order valence-corrected chi connectivity index (χ3v) is 4.65. The molecule has 7 nitrogen and oxygen atoms in total. The van der Waals surface area contributed by atoms with Gasteiger partial charge in [-0.3, -0.25) is 9.78 Å². The zero-order valence-electron chi connectivity index (χ0n) is 16.6. The molecule has 148 valence electrons. The van der Waals surface area contributed by atoms with E-state index in [4.69, 9.17) is 9.47 Å². The number of morpholine rings is 1. The second-order valence-electron chi connectivity index (χ2n) is 7.04. The summed E-state index contributed by atoms with van der Waals surface area (Å²) in [6, 6.07) is 8.73. The molecule has 1 amide bonds. The summed E-state index contributed by atoms with van der Waals surface area (Å²) in [5.41, 5.74) is 3.06. The predicted octanol–water partition coefficient (Wildman–Crippen LogP) is 3.04. The number of hydrogen-bond acceptors (Lipinski definition) is 6. The minimum absolute atomic E-state index is 0.130. The van der Waals surface area contributed by atoms with Crippen LogP contribution in [0.3, 0.4) is 0 Å². The van der Waals surface area contributed by atoms with Crippen molar-refractivity contribution in [3.05, 3.63) is 53.3 Å². The highest BCUT2D eigenvalue weighted by molar-refractivity contribution is 6.03. The first-order valence-electron chi connectivity index (χ1n) is 9.24. The number of aryl methyl sites for hydroxylation is 1. The smallest absolute Gasteiger partial charge is 0.338 e. The van der Waals surface area contributed by atoms with Crippen molar-refractivity contribution in [2.45, 2.75) is 33.0 Å². The van der Waals surface area contributed by atoms with Gasteiger partial charge in [0.25, 0.3) is 5.91 Å². The van der Waals surface area contributed by atoms with Crippen molar-refractivity contribution in [3.8, 4) is 0 Å². The summed E-state index contributed by atoms with van der Waals surface area (Å²) in [5.74, 6) is -0.708. The molecule has 28 heavy (non-hydrogen) atoms. The van der Waals surface area contributed by atoms with Gasteiger partial charge in [-0.05, 0) is 56.7 Å². The number of carbonyl (C=O) groups excluding carboxylic acids is 2.